The third-order valence-corrected chi connectivity index (χ3v) is 4.29. The summed E-state index contributed by atoms with van der Waals surface area (Å²) in [6, 6.07) is 3.25. The number of carbonyl (C=O) groups is 1. The van der Waals surface area contributed by atoms with Crippen LogP contribution in [0.5, 0.6) is 0 Å². The molecule has 2 heterocycles. The SMILES string of the molecule is CC1(NC(=O)c2ccn3cncc3c2)CCCCC1(F)F. The van der Waals surface area contributed by atoms with Gasteiger partial charge in [0.2, 0.25) is 0 Å². The first-order valence-corrected chi connectivity index (χ1v) is 7.03. The first kappa shape index (κ1) is 14.0. The maximum absolute atomic E-state index is 14.1. The number of hydrogen-bond acceptors (Lipinski definition) is 2. The number of hydrogen-bond donors (Lipinski definition) is 1. The number of pyridine rings is 1. The Hall–Kier alpha value is -1.98. The van der Waals surface area contributed by atoms with Crippen LogP contribution in [0.2, 0.25) is 0 Å². The monoisotopic (exact) mass is 293 g/mol. The van der Waals surface area contributed by atoms with Crippen LogP contribution in [0.4, 0.5) is 8.78 Å². The van der Waals surface area contributed by atoms with E-state index in [1.165, 1.54) is 6.92 Å². The minimum atomic E-state index is -2.87. The van der Waals surface area contributed by atoms with E-state index in [9.17, 15) is 13.6 Å². The van der Waals surface area contributed by atoms with Gasteiger partial charge in [-0.3, -0.25) is 4.79 Å². The van der Waals surface area contributed by atoms with Gasteiger partial charge < -0.3 is 9.72 Å². The molecule has 112 valence electrons. The van der Waals surface area contributed by atoms with Crippen molar-refractivity contribution in [1.82, 2.24) is 14.7 Å². The second-order valence-electron chi connectivity index (χ2n) is 5.84. The molecule has 0 aromatic carbocycles. The molecule has 0 spiro atoms. The maximum atomic E-state index is 14.1. The van der Waals surface area contributed by atoms with Crippen molar-refractivity contribution in [3.05, 3.63) is 36.4 Å². The molecule has 1 aliphatic rings. The van der Waals surface area contributed by atoms with Crippen LogP contribution in [0.3, 0.4) is 0 Å². The van der Waals surface area contributed by atoms with E-state index in [0.29, 0.717) is 24.8 Å². The number of nitrogens with one attached hydrogen (secondary N) is 1. The predicted octanol–water partition coefficient (Wildman–Crippen LogP) is 3.03. The third kappa shape index (κ3) is 2.39. The summed E-state index contributed by atoms with van der Waals surface area (Å²) in [5, 5.41) is 2.54. The summed E-state index contributed by atoms with van der Waals surface area (Å²) in [5.41, 5.74) is -0.358. The van der Waals surface area contributed by atoms with Gasteiger partial charge in [0.05, 0.1) is 18.0 Å². The number of halogens is 2. The molecule has 1 unspecified atom stereocenters. The average molecular weight is 293 g/mol. The Morgan fingerprint density at radius 1 is 1.38 bits per heavy atom. The van der Waals surface area contributed by atoms with E-state index in [1.54, 1.807) is 35.3 Å². The minimum absolute atomic E-state index is 0.175. The van der Waals surface area contributed by atoms with Gasteiger partial charge >= 0.3 is 0 Å². The van der Waals surface area contributed by atoms with Gasteiger partial charge in [0.1, 0.15) is 5.54 Å². The van der Waals surface area contributed by atoms with Crippen LogP contribution in [-0.2, 0) is 0 Å². The normalized spacial score (nSPS) is 24.9. The van der Waals surface area contributed by atoms with Gasteiger partial charge in [-0.05, 0) is 31.9 Å². The van der Waals surface area contributed by atoms with E-state index in [0.717, 1.165) is 5.52 Å². The van der Waals surface area contributed by atoms with Crippen molar-refractivity contribution in [1.29, 1.82) is 0 Å². The quantitative estimate of drug-likeness (QED) is 0.925. The number of nitrogens with zero attached hydrogens (tertiary/aromatic N) is 2. The molecular formula is C15H17F2N3O. The molecule has 4 nitrogen and oxygen atoms in total. The topological polar surface area (TPSA) is 46.4 Å². The fourth-order valence-electron chi connectivity index (χ4n) is 2.82. The molecule has 0 aliphatic heterocycles. The van der Waals surface area contributed by atoms with Gasteiger partial charge in [-0.2, -0.15) is 0 Å². The van der Waals surface area contributed by atoms with E-state index in [-0.39, 0.29) is 6.42 Å². The van der Waals surface area contributed by atoms with Crippen molar-refractivity contribution in [2.45, 2.75) is 44.1 Å². The van der Waals surface area contributed by atoms with Crippen LogP contribution >= 0.6 is 0 Å². The molecule has 0 bridgehead atoms. The highest BCUT2D eigenvalue weighted by Crippen LogP contribution is 2.41. The zero-order valence-electron chi connectivity index (χ0n) is 11.8. The van der Waals surface area contributed by atoms with Crippen molar-refractivity contribution in [2.75, 3.05) is 0 Å². The molecule has 2 aromatic heterocycles. The summed E-state index contributed by atoms with van der Waals surface area (Å²) in [5.74, 6) is -3.34. The van der Waals surface area contributed by atoms with Crippen LogP contribution in [0.1, 0.15) is 43.0 Å². The van der Waals surface area contributed by atoms with E-state index >= 15 is 0 Å². The highest BCUT2D eigenvalue weighted by Gasteiger charge is 2.52. The largest absolute Gasteiger partial charge is 0.341 e. The van der Waals surface area contributed by atoms with E-state index in [4.69, 9.17) is 0 Å². The number of amides is 1. The van der Waals surface area contributed by atoms with E-state index in [1.807, 2.05) is 0 Å². The van der Waals surface area contributed by atoms with Crippen LogP contribution in [0.15, 0.2) is 30.9 Å². The fourth-order valence-corrected chi connectivity index (χ4v) is 2.82. The molecule has 0 radical (unpaired) electrons. The number of imidazole rings is 1. The molecule has 1 saturated carbocycles. The highest BCUT2D eigenvalue weighted by molar-refractivity contribution is 5.95. The van der Waals surface area contributed by atoms with Crippen LogP contribution in [-0.4, -0.2) is 26.8 Å². The van der Waals surface area contributed by atoms with E-state index in [2.05, 4.69) is 10.3 Å². The van der Waals surface area contributed by atoms with Gasteiger partial charge in [0.25, 0.3) is 11.8 Å². The van der Waals surface area contributed by atoms with Gasteiger partial charge in [0.15, 0.2) is 0 Å². The van der Waals surface area contributed by atoms with Gasteiger partial charge in [-0.15, -0.1) is 0 Å². The standard InChI is InChI=1S/C15H17F2N3O/c1-14(5-2-3-6-15(14,16)17)19-13(21)11-4-7-20-10-18-9-12(20)8-11/h4,7-10H,2-3,5-6H2,1H3,(H,19,21). The second kappa shape index (κ2) is 4.79. The van der Waals surface area contributed by atoms with Crippen LogP contribution < -0.4 is 5.32 Å². The maximum Gasteiger partial charge on any atom is 0.270 e. The fraction of sp³-hybridized carbons (Fsp3) is 0.467. The molecule has 1 aliphatic carbocycles. The second-order valence-corrected chi connectivity index (χ2v) is 5.84. The summed E-state index contributed by atoms with van der Waals surface area (Å²) in [6.07, 6.45) is 6.25. The average Bonchev–Trinajstić information content (AvgIpc) is 2.89. The molecule has 1 fully saturated rings. The molecule has 1 atom stereocenters. The zero-order chi connectivity index (χ0) is 15.1. The third-order valence-electron chi connectivity index (χ3n) is 4.29. The molecule has 6 heteroatoms. The number of carbonyl (C=O) groups excluding carboxylic acids is 1. The van der Waals surface area contributed by atoms with Gasteiger partial charge in [-0.25, -0.2) is 13.8 Å². The molecule has 0 saturated heterocycles. The van der Waals surface area contributed by atoms with Crippen LogP contribution in [0.25, 0.3) is 5.52 Å². The summed E-state index contributed by atoms with van der Waals surface area (Å²) >= 11 is 0. The lowest BCUT2D eigenvalue weighted by atomic mass is 9.79. The summed E-state index contributed by atoms with van der Waals surface area (Å²) < 4.78 is 30.0. The van der Waals surface area contributed by atoms with Gasteiger partial charge in [-0.1, -0.05) is 6.42 Å². The molecular weight excluding hydrogens is 276 g/mol. The Bertz CT molecular complexity index is 682. The first-order valence-electron chi connectivity index (χ1n) is 7.03. The first-order chi connectivity index (χ1) is 9.91. The lowest BCUT2D eigenvalue weighted by Gasteiger charge is -2.41. The zero-order valence-corrected chi connectivity index (χ0v) is 11.8. The smallest absolute Gasteiger partial charge is 0.270 e. The summed E-state index contributed by atoms with van der Waals surface area (Å²) in [4.78, 5) is 16.3. The molecule has 1 amide bonds. The molecule has 21 heavy (non-hydrogen) atoms. The van der Waals surface area contributed by atoms with Crippen molar-refractivity contribution < 1.29 is 13.6 Å². The lowest BCUT2D eigenvalue weighted by molar-refractivity contribution is -0.105. The minimum Gasteiger partial charge on any atom is -0.341 e. The van der Waals surface area contributed by atoms with Crippen molar-refractivity contribution >= 4 is 11.4 Å². The predicted molar refractivity (Wildman–Crippen MR) is 74.5 cm³/mol. The number of fused-ring (bicyclic) bond motifs is 1. The van der Waals surface area contributed by atoms with Crippen molar-refractivity contribution in [3.63, 3.8) is 0 Å². The van der Waals surface area contributed by atoms with Crippen molar-refractivity contribution in [3.8, 4) is 0 Å². The van der Waals surface area contributed by atoms with Crippen molar-refractivity contribution in [2.24, 2.45) is 0 Å². The Balaban J connectivity index is 1.84. The highest BCUT2D eigenvalue weighted by atomic mass is 19.3. The summed E-state index contributed by atoms with van der Waals surface area (Å²) in [6.45, 7) is 1.43. The summed E-state index contributed by atoms with van der Waals surface area (Å²) in [7, 11) is 0. The Labute approximate surface area is 121 Å². The number of aromatic nitrogens is 2. The Morgan fingerprint density at radius 2 is 2.14 bits per heavy atom. The number of rotatable bonds is 2. The van der Waals surface area contributed by atoms with Crippen LogP contribution in [0, 0.1) is 0 Å². The lowest BCUT2D eigenvalue weighted by Crippen LogP contribution is -2.59. The van der Waals surface area contributed by atoms with E-state index < -0.39 is 17.4 Å². The Kier molecular flexibility index (Phi) is 3.19. The molecule has 1 N–H and O–H groups in total. The molecule has 3 rings (SSSR count). The Morgan fingerprint density at radius 3 is 2.90 bits per heavy atom. The van der Waals surface area contributed by atoms with Gasteiger partial charge in [0, 0.05) is 18.2 Å². The number of alkyl halides is 2. The molecule has 2 aromatic rings.